The van der Waals surface area contributed by atoms with Gasteiger partial charge in [0.15, 0.2) is 0 Å². The predicted octanol–water partition coefficient (Wildman–Crippen LogP) is 1.83. The lowest BCUT2D eigenvalue weighted by Crippen LogP contribution is -2.45. The van der Waals surface area contributed by atoms with Crippen LogP contribution in [-0.4, -0.2) is 37.6 Å². The summed E-state index contributed by atoms with van der Waals surface area (Å²) in [7, 11) is 1.64. The molecule has 1 saturated heterocycles. The summed E-state index contributed by atoms with van der Waals surface area (Å²) in [6, 6.07) is 7.70. The van der Waals surface area contributed by atoms with Gasteiger partial charge in [-0.15, -0.1) is 0 Å². The Labute approximate surface area is 120 Å². The number of hydrogen-bond donors (Lipinski definition) is 1. The number of nitrogens with zero attached hydrogens (tertiary/aromatic N) is 1. The first kappa shape index (κ1) is 14.9. The van der Waals surface area contributed by atoms with Crippen molar-refractivity contribution in [2.75, 3.05) is 26.7 Å². The Kier molecular flexibility index (Phi) is 4.65. The van der Waals surface area contributed by atoms with Crippen LogP contribution in [0.5, 0.6) is 5.75 Å². The molecule has 0 bridgehead atoms. The fourth-order valence-electron chi connectivity index (χ4n) is 2.57. The third-order valence-electron chi connectivity index (χ3n) is 4.31. The van der Waals surface area contributed by atoms with E-state index in [4.69, 9.17) is 10.5 Å². The van der Waals surface area contributed by atoms with Crippen LogP contribution in [0.4, 0.5) is 0 Å². The zero-order chi connectivity index (χ0) is 14.6. The second kappa shape index (κ2) is 6.27. The zero-order valence-corrected chi connectivity index (χ0v) is 12.4. The molecule has 4 heteroatoms. The number of carbonyl (C=O) groups excluding carboxylic acids is 1. The average Bonchev–Trinajstić information content (AvgIpc) is 2.48. The minimum atomic E-state index is 0.192. The van der Waals surface area contributed by atoms with Crippen LogP contribution in [0.25, 0.3) is 0 Å². The maximum absolute atomic E-state index is 12.3. The Balaban J connectivity index is 1.92. The van der Waals surface area contributed by atoms with Gasteiger partial charge in [-0.2, -0.15) is 0 Å². The molecule has 0 saturated carbocycles. The number of likely N-dealkylation sites (tertiary alicyclic amines) is 1. The normalized spacial score (nSPS) is 17.9. The van der Waals surface area contributed by atoms with E-state index in [2.05, 4.69) is 6.92 Å². The Morgan fingerprint density at radius 2 is 2.10 bits per heavy atom. The standard InChI is InChI=1S/C16H24N2O2/c1-16(12-17)6-8-18(9-7-16)15(19)11-13-4-3-5-14(10-13)20-2/h3-5,10H,6-9,11-12,17H2,1-2H3. The van der Waals surface area contributed by atoms with Crippen molar-refractivity contribution >= 4 is 5.91 Å². The quantitative estimate of drug-likeness (QED) is 0.912. The molecule has 20 heavy (non-hydrogen) atoms. The molecule has 2 rings (SSSR count). The molecule has 1 fully saturated rings. The van der Waals surface area contributed by atoms with Gasteiger partial charge in [0.05, 0.1) is 13.5 Å². The summed E-state index contributed by atoms with van der Waals surface area (Å²) in [4.78, 5) is 14.3. The van der Waals surface area contributed by atoms with E-state index in [-0.39, 0.29) is 11.3 Å². The van der Waals surface area contributed by atoms with Crippen molar-refractivity contribution in [2.24, 2.45) is 11.1 Å². The number of ether oxygens (including phenoxy) is 1. The summed E-state index contributed by atoms with van der Waals surface area (Å²) < 4.78 is 5.18. The molecule has 1 aliphatic rings. The number of hydrogen-bond acceptors (Lipinski definition) is 3. The van der Waals surface area contributed by atoms with Crippen LogP contribution >= 0.6 is 0 Å². The minimum Gasteiger partial charge on any atom is -0.497 e. The molecule has 1 aliphatic heterocycles. The van der Waals surface area contributed by atoms with Crippen molar-refractivity contribution in [3.63, 3.8) is 0 Å². The Morgan fingerprint density at radius 1 is 1.40 bits per heavy atom. The third kappa shape index (κ3) is 3.51. The van der Waals surface area contributed by atoms with Crippen LogP contribution in [0, 0.1) is 5.41 Å². The SMILES string of the molecule is COc1cccc(CC(=O)N2CCC(C)(CN)CC2)c1. The van der Waals surface area contributed by atoms with Crippen LogP contribution < -0.4 is 10.5 Å². The molecule has 1 heterocycles. The minimum absolute atomic E-state index is 0.192. The highest BCUT2D eigenvalue weighted by Crippen LogP contribution is 2.29. The molecule has 1 aromatic rings. The molecule has 1 aromatic carbocycles. The van der Waals surface area contributed by atoms with Crippen LogP contribution in [0.2, 0.25) is 0 Å². The van der Waals surface area contributed by atoms with Gasteiger partial charge < -0.3 is 15.4 Å². The molecule has 0 unspecified atom stereocenters. The van der Waals surface area contributed by atoms with E-state index < -0.39 is 0 Å². The molecule has 0 radical (unpaired) electrons. The van der Waals surface area contributed by atoms with E-state index >= 15 is 0 Å². The molecule has 0 spiro atoms. The Bertz CT molecular complexity index is 465. The molecule has 4 nitrogen and oxygen atoms in total. The smallest absolute Gasteiger partial charge is 0.226 e. The second-order valence-corrected chi connectivity index (χ2v) is 5.92. The molecular weight excluding hydrogens is 252 g/mol. The number of carbonyl (C=O) groups is 1. The third-order valence-corrected chi connectivity index (χ3v) is 4.31. The van der Waals surface area contributed by atoms with Gasteiger partial charge >= 0.3 is 0 Å². The number of benzene rings is 1. The molecule has 110 valence electrons. The number of nitrogens with two attached hydrogens (primary N) is 1. The van der Waals surface area contributed by atoms with Crippen LogP contribution in [-0.2, 0) is 11.2 Å². The van der Waals surface area contributed by atoms with Crippen molar-refractivity contribution in [3.8, 4) is 5.75 Å². The number of amides is 1. The van der Waals surface area contributed by atoms with Gasteiger partial charge in [0.2, 0.25) is 5.91 Å². The first-order chi connectivity index (χ1) is 9.56. The fraction of sp³-hybridized carbons (Fsp3) is 0.562. The van der Waals surface area contributed by atoms with Crippen molar-refractivity contribution in [1.82, 2.24) is 4.90 Å². The molecule has 1 amide bonds. The average molecular weight is 276 g/mol. The van der Waals surface area contributed by atoms with Crippen molar-refractivity contribution < 1.29 is 9.53 Å². The molecular formula is C16H24N2O2. The summed E-state index contributed by atoms with van der Waals surface area (Å²) in [6.07, 6.45) is 2.43. The monoisotopic (exact) mass is 276 g/mol. The predicted molar refractivity (Wildman–Crippen MR) is 79.7 cm³/mol. The van der Waals surface area contributed by atoms with Crippen molar-refractivity contribution in [2.45, 2.75) is 26.2 Å². The summed E-state index contributed by atoms with van der Waals surface area (Å²) in [6.45, 7) is 4.54. The van der Waals surface area contributed by atoms with E-state index in [0.717, 1.165) is 37.2 Å². The highest BCUT2D eigenvalue weighted by molar-refractivity contribution is 5.79. The second-order valence-electron chi connectivity index (χ2n) is 5.92. The number of rotatable bonds is 4. The van der Waals surface area contributed by atoms with Gasteiger partial charge in [0.25, 0.3) is 0 Å². The van der Waals surface area contributed by atoms with E-state index in [1.54, 1.807) is 7.11 Å². The van der Waals surface area contributed by atoms with E-state index in [9.17, 15) is 4.79 Å². The van der Waals surface area contributed by atoms with E-state index in [1.165, 1.54) is 0 Å². The van der Waals surface area contributed by atoms with Crippen LogP contribution in [0.15, 0.2) is 24.3 Å². The number of piperidine rings is 1. The maximum Gasteiger partial charge on any atom is 0.226 e. The lowest BCUT2D eigenvalue weighted by molar-refractivity contribution is -0.132. The lowest BCUT2D eigenvalue weighted by atomic mass is 9.80. The fourth-order valence-corrected chi connectivity index (χ4v) is 2.57. The molecule has 0 aliphatic carbocycles. The largest absolute Gasteiger partial charge is 0.497 e. The Hall–Kier alpha value is -1.55. The number of methoxy groups -OCH3 is 1. The maximum atomic E-state index is 12.3. The highest BCUT2D eigenvalue weighted by atomic mass is 16.5. The summed E-state index contributed by atoms with van der Waals surface area (Å²) in [5, 5.41) is 0. The van der Waals surface area contributed by atoms with Crippen LogP contribution in [0.3, 0.4) is 0 Å². The van der Waals surface area contributed by atoms with Gasteiger partial charge in [0.1, 0.15) is 5.75 Å². The van der Waals surface area contributed by atoms with Gasteiger partial charge in [-0.1, -0.05) is 19.1 Å². The molecule has 0 atom stereocenters. The van der Waals surface area contributed by atoms with Gasteiger partial charge in [-0.05, 0) is 42.5 Å². The summed E-state index contributed by atoms with van der Waals surface area (Å²) in [5.74, 6) is 0.988. The van der Waals surface area contributed by atoms with Crippen molar-refractivity contribution in [1.29, 1.82) is 0 Å². The Morgan fingerprint density at radius 3 is 2.70 bits per heavy atom. The van der Waals surface area contributed by atoms with Gasteiger partial charge in [-0.3, -0.25) is 4.79 Å². The topological polar surface area (TPSA) is 55.6 Å². The van der Waals surface area contributed by atoms with Crippen molar-refractivity contribution in [3.05, 3.63) is 29.8 Å². The first-order valence-corrected chi connectivity index (χ1v) is 7.17. The summed E-state index contributed by atoms with van der Waals surface area (Å²) >= 11 is 0. The van der Waals surface area contributed by atoms with Gasteiger partial charge in [0, 0.05) is 13.1 Å². The zero-order valence-electron chi connectivity index (χ0n) is 12.4. The first-order valence-electron chi connectivity index (χ1n) is 7.17. The van der Waals surface area contributed by atoms with Gasteiger partial charge in [-0.25, -0.2) is 0 Å². The van der Waals surface area contributed by atoms with E-state index in [1.807, 2.05) is 29.2 Å². The van der Waals surface area contributed by atoms with E-state index in [0.29, 0.717) is 13.0 Å². The highest BCUT2D eigenvalue weighted by Gasteiger charge is 2.30. The summed E-state index contributed by atoms with van der Waals surface area (Å²) in [5.41, 5.74) is 7.00. The van der Waals surface area contributed by atoms with Crippen LogP contribution in [0.1, 0.15) is 25.3 Å². The molecule has 2 N–H and O–H groups in total. The lowest BCUT2D eigenvalue weighted by Gasteiger charge is -2.38. The molecule has 0 aromatic heterocycles.